The number of amides is 4. The van der Waals surface area contributed by atoms with Gasteiger partial charge in [0, 0.05) is 6.54 Å². The van der Waals surface area contributed by atoms with E-state index in [2.05, 4.69) is 19.2 Å². The van der Waals surface area contributed by atoms with Crippen molar-refractivity contribution >= 4 is 35.3 Å². The maximum absolute atomic E-state index is 13.1. The lowest BCUT2D eigenvalue weighted by Crippen LogP contribution is -2.56. The summed E-state index contributed by atoms with van der Waals surface area (Å²) in [6.45, 7) is 4.58. The summed E-state index contributed by atoms with van der Waals surface area (Å²) >= 11 is 1.31. The summed E-state index contributed by atoms with van der Waals surface area (Å²) in [4.78, 5) is 39.2. The molecule has 8 heteroatoms. The minimum absolute atomic E-state index is 0.0355. The Morgan fingerprint density at radius 1 is 1.29 bits per heavy atom. The first-order chi connectivity index (χ1) is 13.4. The highest BCUT2D eigenvalue weighted by molar-refractivity contribution is 8.04. The fourth-order valence-corrected chi connectivity index (χ4v) is 3.99. The second kappa shape index (κ2) is 8.68. The number of fused-ring (bicyclic) bond motifs is 1. The van der Waals surface area contributed by atoms with E-state index in [9.17, 15) is 18.8 Å². The third-order valence-electron chi connectivity index (χ3n) is 4.59. The van der Waals surface area contributed by atoms with Gasteiger partial charge >= 0.3 is 11.9 Å². The van der Waals surface area contributed by atoms with Gasteiger partial charge in [-0.1, -0.05) is 26.0 Å². The van der Waals surface area contributed by atoms with Gasteiger partial charge in [0.05, 0.1) is 0 Å². The summed E-state index contributed by atoms with van der Waals surface area (Å²) in [5, 5.41) is 4.04. The molecule has 4 amide bonds. The summed E-state index contributed by atoms with van der Waals surface area (Å²) in [7, 11) is 0. The van der Waals surface area contributed by atoms with Crippen LogP contribution in [0.4, 0.5) is 9.18 Å². The molecule has 2 aliphatic rings. The molecule has 0 bridgehead atoms. The molecule has 0 saturated heterocycles. The minimum Gasteiger partial charge on any atom is -0.353 e. The summed E-state index contributed by atoms with van der Waals surface area (Å²) in [6, 6.07) is 5.12. The van der Waals surface area contributed by atoms with Gasteiger partial charge in [0.2, 0.25) is 0 Å². The Hall–Kier alpha value is -2.48. The number of hydrogen-bond donors (Lipinski definition) is 1. The number of nitrogens with one attached hydrogen (secondary N) is 1. The quantitative estimate of drug-likeness (QED) is 0.709. The van der Waals surface area contributed by atoms with Gasteiger partial charge in [-0.25, -0.2) is 9.18 Å². The van der Waals surface area contributed by atoms with Gasteiger partial charge in [-0.3, -0.25) is 4.79 Å². The van der Waals surface area contributed by atoms with Crippen LogP contribution in [0.3, 0.4) is 0 Å². The second-order valence-electron chi connectivity index (χ2n) is 7.20. The average Bonchev–Trinajstić information content (AvgIpc) is 3.13. The van der Waals surface area contributed by atoms with E-state index in [1.165, 1.54) is 40.6 Å². The number of thioether (sulfide) groups is 1. The molecular formula is C20H23FN3O3S+. The number of halogens is 1. The number of allylic oxidation sites excluding steroid dienone is 1. The largest absolute Gasteiger partial charge is 0.501 e. The molecule has 2 aliphatic heterocycles. The molecule has 1 aromatic carbocycles. The zero-order valence-corrected chi connectivity index (χ0v) is 16.7. The first kappa shape index (κ1) is 20.3. The van der Waals surface area contributed by atoms with E-state index in [1.807, 2.05) is 0 Å². The monoisotopic (exact) mass is 404 g/mol. The Morgan fingerprint density at radius 2 is 2.00 bits per heavy atom. The number of carbonyl (C=O) groups excluding carboxylic acids is 3. The Morgan fingerprint density at radius 3 is 2.68 bits per heavy atom. The van der Waals surface area contributed by atoms with E-state index >= 15 is 0 Å². The van der Waals surface area contributed by atoms with E-state index in [0.717, 1.165) is 11.3 Å². The van der Waals surface area contributed by atoms with Gasteiger partial charge in [0.25, 0.3) is 5.91 Å². The highest BCUT2D eigenvalue weighted by Crippen LogP contribution is 2.28. The van der Waals surface area contributed by atoms with Crippen LogP contribution in [0.25, 0.3) is 0 Å². The molecule has 148 valence electrons. The van der Waals surface area contributed by atoms with Gasteiger partial charge in [-0.2, -0.15) is 14.3 Å². The molecule has 0 aromatic heterocycles. The fourth-order valence-electron chi connectivity index (χ4n) is 3.03. The zero-order chi connectivity index (χ0) is 20.3. The van der Waals surface area contributed by atoms with Crippen LogP contribution in [0.2, 0.25) is 0 Å². The minimum atomic E-state index is -0.540. The molecule has 6 nitrogen and oxygen atoms in total. The van der Waals surface area contributed by atoms with Gasteiger partial charge in [-0.15, -0.1) is 11.8 Å². The van der Waals surface area contributed by atoms with E-state index in [0.29, 0.717) is 23.7 Å². The molecule has 1 unspecified atom stereocenters. The maximum atomic E-state index is 13.1. The predicted octanol–water partition coefficient (Wildman–Crippen LogP) is 2.53. The molecule has 0 radical (unpaired) electrons. The van der Waals surface area contributed by atoms with Crippen molar-refractivity contribution < 1.29 is 23.3 Å². The molecule has 0 spiro atoms. The van der Waals surface area contributed by atoms with Crippen LogP contribution in [0.5, 0.6) is 0 Å². The molecular weight excluding hydrogens is 381 g/mol. The van der Waals surface area contributed by atoms with Crippen molar-refractivity contribution in [1.29, 1.82) is 0 Å². The van der Waals surface area contributed by atoms with Crippen molar-refractivity contribution in [2.75, 3.05) is 13.1 Å². The van der Waals surface area contributed by atoms with Crippen molar-refractivity contribution in [2.24, 2.45) is 5.92 Å². The molecule has 28 heavy (non-hydrogen) atoms. The number of carbonyl (C=O) groups is 3. The van der Waals surface area contributed by atoms with E-state index in [-0.39, 0.29) is 30.7 Å². The van der Waals surface area contributed by atoms with E-state index < -0.39 is 11.3 Å². The van der Waals surface area contributed by atoms with Crippen LogP contribution in [-0.2, 0) is 16.1 Å². The van der Waals surface area contributed by atoms with Crippen molar-refractivity contribution in [3.05, 3.63) is 47.1 Å². The normalized spacial score (nSPS) is 18.9. The average molecular weight is 404 g/mol. The highest BCUT2D eigenvalue weighted by Gasteiger charge is 2.49. The number of nitrogens with zero attached hydrogens (tertiary/aromatic N) is 2. The smallest absolute Gasteiger partial charge is 0.353 e. The van der Waals surface area contributed by atoms with Crippen LogP contribution >= 0.6 is 11.8 Å². The van der Waals surface area contributed by atoms with Crippen molar-refractivity contribution in [3.63, 3.8) is 0 Å². The third-order valence-corrected chi connectivity index (χ3v) is 5.59. The van der Waals surface area contributed by atoms with Gasteiger partial charge in [-0.05, 0) is 41.5 Å². The number of urea groups is 1. The summed E-state index contributed by atoms with van der Waals surface area (Å²) in [5.74, 6) is -0.503. The summed E-state index contributed by atoms with van der Waals surface area (Å²) in [6.07, 6.45) is 2.56. The molecule has 1 N–H and O–H groups in total. The number of imide groups is 1. The molecule has 0 aliphatic carbocycles. The lowest BCUT2D eigenvalue weighted by molar-refractivity contribution is -0.427. The molecule has 1 atom stereocenters. The summed E-state index contributed by atoms with van der Waals surface area (Å²) < 4.78 is 14.5. The first-order valence-electron chi connectivity index (χ1n) is 9.19. The SMILES string of the molecule is CC(C)CCNC(=O)C[N+]1=C2C=CSC2C(=O)N(Cc2ccc(F)cc2)C1=O. The van der Waals surface area contributed by atoms with Gasteiger partial charge in [0.15, 0.2) is 11.8 Å². The lowest BCUT2D eigenvalue weighted by Gasteiger charge is -2.24. The van der Waals surface area contributed by atoms with Crippen molar-refractivity contribution in [1.82, 2.24) is 10.2 Å². The van der Waals surface area contributed by atoms with Gasteiger partial charge in [0.1, 0.15) is 18.1 Å². The number of hydrogen-bond acceptors (Lipinski definition) is 4. The maximum Gasteiger partial charge on any atom is 0.501 e. The zero-order valence-electron chi connectivity index (χ0n) is 15.9. The standard InChI is InChI=1S/C20H22FN3O3S/c1-13(2)7-9-22-17(25)12-23-16-8-10-28-18(16)19(26)24(20(23)27)11-14-3-5-15(21)6-4-14/h3-6,8,10,13,18H,7,9,11-12H2,1-2H3/p+1. The summed E-state index contributed by atoms with van der Waals surface area (Å²) in [5.41, 5.74) is 1.18. The Bertz CT molecular complexity index is 849. The second-order valence-corrected chi connectivity index (χ2v) is 8.21. The van der Waals surface area contributed by atoms with Crippen LogP contribution in [0.15, 0.2) is 35.7 Å². The van der Waals surface area contributed by atoms with Crippen LogP contribution < -0.4 is 5.32 Å². The van der Waals surface area contributed by atoms with Crippen LogP contribution in [0.1, 0.15) is 25.8 Å². The molecule has 1 aromatic rings. The third kappa shape index (κ3) is 4.49. The number of benzene rings is 1. The van der Waals surface area contributed by atoms with Gasteiger partial charge < -0.3 is 5.32 Å². The first-order valence-corrected chi connectivity index (χ1v) is 10.1. The highest BCUT2D eigenvalue weighted by atomic mass is 32.2. The van der Waals surface area contributed by atoms with E-state index in [1.54, 1.807) is 11.5 Å². The Kier molecular flexibility index (Phi) is 6.28. The molecule has 0 saturated carbocycles. The van der Waals surface area contributed by atoms with E-state index in [4.69, 9.17) is 0 Å². The lowest BCUT2D eigenvalue weighted by atomic mass is 10.1. The number of rotatable bonds is 7. The fraction of sp³-hybridized carbons (Fsp3) is 0.400. The Labute approximate surface area is 167 Å². The molecule has 3 rings (SSSR count). The molecule has 2 heterocycles. The van der Waals surface area contributed by atoms with Crippen LogP contribution in [0, 0.1) is 11.7 Å². The Balaban J connectivity index is 1.77. The van der Waals surface area contributed by atoms with Crippen LogP contribution in [-0.4, -0.2) is 51.4 Å². The van der Waals surface area contributed by atoms with Crippen molar-refractivity contribution in [2.45, 2.75) is 32.1 Å². The molecule has 0 fully saturated rings. The predicted molar refractivity (Wildman–Crippen MR) is 105 cm³/mol. The topological polar surface area (TPSA) is 69.5 Å². The van der Waals surface area contributed by atoms with Crippen molar-refractivity contribution in [3.8, 4) is 0 Å².